The van der Waals surface area contributed by atoms with Gasteiger partial charge in [0.05, 0.1) is 23.8 Å². The van der Waals surface area contributed by atoms with Crippen molar-refractivity contribution in [3.8, 4) is 0 Å². The van der Waals surface area contributed by atoms with Crippen molar-refractivity contribution in [3.63, 3.8) is 0 Å². The average Bonchev–Trinajstić information content (AvgIpc) is 3.14. The van der Waals surface area contributed by atoms with Crippen LogP contribution in [0, 0.1) is 11.7 Å². The second-order valence-corrected chi connectivity index (χ2v) is 6.76. The highest BCUT2D eigenvalue weighted by Crippen LogP contribution is 2.31. The molecule has 0 saturated carbocycles. The Morgan fingerprint density at radius 1 is 1.20 bits per heavy atom. The van der Waals surface area contributed by atoms with Gasteiger partial charge in [0.1, 0.15) is 5.82 Å². The lowest BCUT2D eigenvalue weighted by atomic mass is 9.97. The van der Waals surface area contributed by atoms with Gasteiger partial charge >= 0.3 is 0 Å². The Labute approximate surface area is 147 Å². The van der Waals surface area contributed by atoms with Gasteiger partial charge in [-0.2, -0.15) is 0 Å². The average molecular weight is 348 g/mol. The van der Waals surface area contributed by atoms with E-state index in [0.29, 0.717) is 18.8 Å². The third-order valence-electron chi connectivity index (χ3n) is 5.03. The molecule has 2 saturated heterocycles. The number of nitrogens with one attached hydrogen (secondary N) is 1. The molecule has 2 fully saturated rings. The predicted octanol–water partition coefficient (Wildman–Crippen LogP) is 1.56. The van der Waals surface area contributed by atoms with Gasteiger partial charge in [-0.05, 0) is 37.8 Å². The van der Waals surface area contributed by atoms with Crippen LogP contribution in [0.2, 0.25) is 0 Å². The van der Waals surface area contributed by atoms with Crippen LogP contribution in [0.3, 0.4) is 0 Å². The second-order valence-electron chi connectivity index (χ2n) is 6.76. The lowest BCUT2D eigenvalue weighted by Crippen LogP contribution is -2.46. The van der Waals surface area contributed by atoms with Gasteiger partial charge in [-0.15, -0.1) is 0 Å². The van der Waals surface area contributed by atoms with Crippen LogP contribution in [0.25, 0.3) is 0 Å². The SMILES string of the molecule is NC(=O)[C@H]1CCCN(C(=O)CNc2c(F)cccc2N2CCCC2)C1. The molecule has 6 nitrogen and oxygen atoms in total. The van der Waals surface area contributed by atoms with Gasteiger partial charge < -0.3 is 20.9 Å². The third kappa shape index (κ3) is 4.03. The molecule has 7 heteroatoms. The number of carbonyl (C=O) groups is 2. The number of benzene rings is 1. The molecular formula is C18H25FN4O2. The Morgan fingerprint density at radius 2 is 1.96 bits per heavy atom. The van der Waals surface area contributed by atoms with Crippen molar-refractivity contribution in [3.05, 3.63) is 24.0 Å². The van der Waals surface area contributed by atoms with Crippen molar-refractivity contribution in [1.82, 2.24) is 4.90 Å². The van der Waals surface area contributed by atoms with E-state index in [1.165, 1.54) is 6.07 Å². The number of para-hydroxylation sites is 1. The van der Waals surface area contributed by atoms with Crippen molar-refractivity contribution < 1.29 is 14.0 Å². The number of hydrogen-bond donors (Lipinski definition) is 2. The summed E-state index contributed by atoms with van der Waals surface area (Å²) in [5.74, 6) is -1.14. The van der Waals surface area contributed by atoms with E-state index in [1.54, 1.807) is 11.0 Å². The molecular weight excluding hydrogens is 323 g/mol. The summed E-state index contributed by atoms with van der Waals surface area (Å²) >= 11 is 0. The summed E-state index contributed by atoms with van der Waals surface area (Å²) < 4.78 is 14.3. The smallest absolute Gasteiger partial charge is 0.241 e. The molecule has 3 rings (SSSR count). The van der Waals surface area contributed by atoms with E-state index >= 15 is 0 Å². The molecule has 2 aliphatic heterocycles. The van der Waals surface area contributed by atoms with Crippen LogP contribution in [-0.4, -0.2) is 49.4 Å². The van der Waals surface area contributed by atoms with Gasteiger partial charge in [0.25, 0.3) is 0 Å². The maximum absolute atomic E-state index is 14.3. The monoisotopic (exact) mass is 348 g/mol. The Morgan fingerprint density at radius 3 is 2.68 bits per heavy atom. The summed E-state index contributed by atoms with van der Waals surface area (Å²) in [4.78, 5) is 27.6. The number of halogens is 1. The lowest BCUT2D eigenvalue weighted by molar-refractivity contribution is -0.133. The first kappa shape index (κ1) is 17.5. The normalized spacial score (nSPS) is 20.6. The molecule has 0 radical (unpaired) electrons. The molecule has 0 spiro atoms. The fraction of sp³-hybridized carbons (Fsp3) is 0.556. The number of nitrogens with two attached hydrogens (primary N) is 1. The molecule has 1 aromatic carbocycles. The molecule has 3 N–H and O–H groups in total. The van der Waals surface area contributed by atoms with E-state index in [2.05, 4.69) is 10.2 Å². The maximum atomic E-state index is 14.3. The standard InChI is InChI=1S/C18H25FN4O2/c19-14-6-3-7-15(22-8-1-2-9-22)17(14)21-11-16(24)23-10-4-5-13(12-23)18(20)25/h3,6-7,13,21H,1-2,4-5,8-12H2,(H2,20,25)/t13-/m0/s1. The van der Waals surface area contributed by atoms with E-state index in [4.69, 9.17) is 5.73 Å². The summed E-state index contributed by atoms with van der Waals surface area (Å²) in [6.45, 7) is 2.77. The first-order valence-electron chi connectivity index (χ1n) is 8.90. The number of nitrogens with zero attached hydrogens (tertiary/aromatic N) is 2. The minimum Gasteiger partial charge on any atom is -0.372 e. The zero-order chi connectivity index (χ0) is 17.8. The lowest BCUT2D eigenvalue weighted by Gasteiger charge is -2.31. The van der Waals surface area contributed by atoms with Gasteiger partial charge in [0.15, 0.2) is 0 Å². The zero-order valence-electron chi connectivity index (χ0n) is 14.3. The van der Waals surface area contributed by atoms with E-state index in [1.807, 2.05) is 6.07 Å². The van der Waals surface area contributed by atoms with Gasteiger partial charge in [-0.25, -0.2) is 4.39 Å². The van der Waals surface area contributed by atoms with Crippen molar-refractivity contribution in [2.75, 3.05) is 42.9 Å². The Balaban J connectivity index is 1.65. The van der Waals surface area contributed by atoms with Gasteiger partial charge in [-0.1, -0.05) is 6.07 Å². The summed E-state index contributed by atoms with van der Waals surface area (Å²) in [5, 5.41) is 2.98. The van der Waals surface area contributed by atoms with Crippen molar-refractivity contribution in [1.29, 1.82) is 0 Å². The van der Waals surface area contributed by atoms with Crippen LogP contribution in [0.1, 0.15) is 25.7 Å². The van der Waals surface area contributed by atoms with E-state index in [0.717, 1.165) is 44.5 Å². The number of piperidine rings is 1. The van der Waals surface area contributed by atoms with Crippen LogP contribution in [-0.2, 0) is 9.59 Å². The molecule has 2 amide bonds. The summed E-state index contributed by atoms with van der Waals surface area (Å²) in [6.07, 6.45) is 3.67. The summed E-state index contributed by atoms with van der Waals surface area (Å²) in [6, 6.07) is 4.97. The van der Waals surface area contributed by atoms with Crippen LogP contribution >= 0.6 is 0 Å². The quantitative estimate of drug-likeness (QED) is 0.846. The largest absolute Gasteiger partial charge is 0.372 e. The Hall–Kier alpha value is -2.31. The maximum Gasteiger partial charge on any atom is 0.241 e. The minimum atomic E-state index is -0.365. The number of amides is 2. The zero-order valence-corrected chi connectivity index (χ0v) is 14.3. The highest BCUT2D eigenvalue weighted by molar-refractivity contribution is 5.84. The Kier molecular flexibility index (Phi) is 5.40. The Bertz CT molecular complexity index is 646. The molecule has 2 heterocycles. The number of primary amides is 1. The fourth-order valence-electron chi connectivity index (χ4n) is 3.62. The van der Waals surface area contributed by atoms with Crippen LogP contribution in [0.5, 0.6) is 0 Å². The highest BCUT2D eigenvalue weighted by atomic mass is 19.1. The molecule has 0 unspecified atom stereocenters. The van der Waals surface area contributed by atoms with Crippen molar-refractivity contribution in [2.45, 2.75) is 25.7 Å². The predicted molar refractivity (Wildman–Crippen MR) is 94.8 cm³/mol. The van der Waals surface area contributed by atoms with Crippen molar-refractivity contribution in [2.24, 2.45) is 11.7 Å². The van der Waals surface area contributed by atoms with Crippen molar-refractivity contribution >= 4 is 23.2 Å². The van der Waals surface area contributed by atoms with E-state index < -0.39 is 0 Å². The molecule has 2 aliphatic rings. The molecule has 0 aliphatic carbocycles. The third-order valence-corrected chi connectivity index (χ3v) is 5.03. The first-order valence-corrected chi connectivity index (χ1v) is 8.90. The molecule has 0 aromatic heterocycles. The van der Waals surface area contributed by atoms with Crippen LogP contribution in [0.4, 0.5) is 15.8 Å². The summed E-state index contributed by atoms with van der Waals surface area (Å²) in [5.41, 5.74) is 6.54. The molecule has 1 atom stereocenters. The van der Waals surface area contributed by atoms with E-state index in [9.17, 15) is 14.0 Å². The van der Waals surface area contributed by atoms with Crippen LogP contribution in [0.15, 0.2) is 18.2 Å². The fourth-order valence-corrected chi connectivity index (χ4v) is 3.62. The number of hydrogen-bond acceptors (Lipinski definition) is 4. The number of likely N-dealkylation sites (tertiary alicyclic amines) is 1. The summed E-state index contributed by atoms with van der Waals surface area (Å²) in [7, 11) is 0. The minimum absolute atomic E-state index is 0.00720. The first-order chi connectivity index (χ1) is 12.1. The number of rotatable bonds is 5. The van der Waals surface area contributed by atoms with E-state index in [-0.39, 0.29) is 30.1 Å². The molecule has 1 aromatic rings. The van der Waals surface area contributed by atoms with Gasteiger partial charge in [0, 0.05) is 26.2 Å². The second kappa shape index (κ2) is 7.72. The highest BCUT2D eigenvalue weighted by Gasteiger charge is 2.27. The number of carbonyl (C=O) groups excluding carboxylic acids is 2. The topological polar surface area (TPSA) is 78.7 Å². The molecule has 136 valence electrons. The molecule has 0 bridgehead atoms. The van der Waals surface area contributed by atoms with Gasteiger partial charge in [-0.3, -0.25) is 9.59 Å². The molecule has 25 heavy (non-hydrogen) atoms. The number of anilines is 2. The van der Waals surface area contributed by atoms with Crippen LogP contribution < -0.4 is 16.0 Å². The van der Waals surface area contributed by atoms with Gasteiger partial charge in [0.2, 0.25) is 11.8 Å².